The first kappa shape index (κ1) is 15.0. The molecule has 0 aliphatic carbocycles. The Morgan fingerprint density at radius 2 is 2.06 bits per heavy atom. The lowest BCUT2D eigenvalue weighted by atomic mass is 10.1. The van der Waals surface area contributed by atoms with Gasteiger partial charge in [0.2, 0.25) is 0 Å². The summed E-state index contributed by atoms with van der Waals surface area (Å²) in [5.41, 5.74) is 1.25. The van der Waals surface area contributed by atoms with Crippen molar-refractivity contribution >= 4 is 0 Å². The van der Waals surface area contributed by atoms with Crippen LogP contribution < -0.4 is 10.1 Å². The van der Waals surface area contributed by atoms with Gasteiger partial charge in [-0.25, -0.2) is 0 Å². The van der Waals surface area contributed by atoms with Gasteiger partial charge in [0.25, 0.3) is 0 Å². The molecule has 1 rings (SSSR count). The van der Waals surface area contributed by atoms with Crippen molar-refractivity contribution in [3.63, 3.8) is 0 Å². The highest BCUT2D eigenvalue weighted by Crippen LogP contribution is 2.13. The molecule has 1 unspecified atom stereocenters. The number of nitrogens with one attached hydrogen (secondary N) is 1. The van der Waals surface area contributed by atoms with Gasteiger partial charge in [0, 0.05) is 6.04 Å². The van der Waals surface area contributed by atoms with E-state index in [-0.39, 0.29) is 0 Å². The van der Waals surface area contributed by atoms with Crippen molar-refractivity contribution in [2.24, 2.45) is 0 Å². The SMILES string of the molecule is CCCCCC(CCOc1cccc(C)c1)NC. The topological polar surface area (TPSA) is 21.3 Å². The van der Waals surface area contributed by atoms with Gasteiger partial charge in [-0.2, -0.15) is 0 Å². The number of benzene rings is 1. The monoisotopic (exact) mass is 249 g/mol. The number of hydrogen-bond donors (Lipinski definition) is 1. The summed E-state index contributed by atoms with van der Waals surface area (Å²) in [5.74, 6) is 0.985. The second-order valence-corrected chi connectivity index (χ2v) is 4.94. The quantitative estimate of drug-likeness (QED) is 0.669. The van der Waals surface area contributed by atoms with E-state index in [4.69, 9.17) is 4.74 Å². The summed E-state index contributed by atoms with van der Waals surface area (Å²) in [6.07, 6.45) is 6.26. The Bertz CT molecular complexity index is 325. The third kappa shape index (κ3) is 6.06. The molecule has 0 fully saturated rings. The van der Waals surface area contributed by atoms with E-state index in [0.717, 1.165) is 18.8 Å². The van der Waals surface area contributed by atoms with E-state index in [1.54, 1.807) is 0 Å². The van der Waals surface area contributed by atoms with Gasteiger partial charge in [-0.1, -0.05) is 38.3 Å². The number of aryl methyl sites for hydroxylation is 1. The Labute approximate surface area is 112 Å². The maximum absolute atomic E-state index is 5.79. The van der Waals surface area contributed by atoms with Gasteiger partial charge < -0.3 is 10.1 Å². The molecule has 1 N–H and O–H groups in total. The van der Waals surface area contributed by atoms with Crippen LogP contribution in [0, 0.1) is 6.92 Å². The first-order chi connectivity index (χ1) is 8.76. The van der Waals surface area contributed by atoms with E-state index in [0.29, 0.717) is 6.04 Å². The average Bonchev–Trinajstić information content (AvgIpc) is 2.37. The summed E-state index contributed by atoms with van der Waals surface area (Å²) in [4.78, 5) is 0. The van der Waals surface area contributed by atoms with Crippen LogP contribution in [0.5, 0.6) is 5.75 Å². The van der Waals surface area contributed by atoms with Crippen molar-refractivity contribution in [3.05, 3.63) is 29.8 Å². The molecule has 0 saturated carbocycles. The first-order valence-corrected chi connectivity index (χ1v) is 7.13. The molecule has 2 nitrogen and oxygen atoms in total. The lowest BCUT2D eigenvalue weighted by Crippen LogP contribution is -2.27. The molecule has 0 aliphatic rings. The summed E-state index contributed by atoms with van der Waals surface area (Å²) in [7, 11) is 2.04. The van der Waals surface area contributed by atoms with E-state index >= 15 is 0 Å². The highest BCUT2D eigenvalue weighted by Gasteiger charge is 2.05. The molecule has 0 bridgehead atoms. The van der Waals surface area contributed by atoms with Crippen LogP contribution in [-0.4, -0.2) is 19.7 Å². The lowest BCUT2D eigenvalue weighted by Gasteiger charge is -2.16. The predicted octanol–water partition coefficient (Wildman–Crippen LogP) is 3.93. The summed E-state index contributed by atoms with van der Waals surface area (Å²) in [5, 5.41) is 3.38. The Hall–Kier alpha value is -1.02. The van der Waals surface area contributed by atoms with Crippen LogP contribution >= 0.6 is 0 Å². The van der Waals surface area contributed by atoms with Crippen molar-refractivity contribution in [1.29, 1.82) is 0 Å². The van der Waals surface area contributed by atoms with Crippen LogP contribution in [0.25, 0.3) is 0 Å². The van der Waals surface area contributed by atoms with E-state index < -0.39 is 0 Å². The van der Waals surface area contributed by atoms with Gasteiger partial charge in [-0.15, -0.1) is 0 Å². The fourth-order valence-electron chi connectivity index (χ4n) is 2.10. The zero-order valence-electron chi connectivity index (χ0n) is 12.0. The fourth-order valence-corrected chi connectivity index (χ4v) is 2.10. The number of ether oxygens (including phenoxy) is 1. The highest BCUT2D eigenvalue weighted by atomic mass is 16.5. The molecule has 1 aromatic carbocycles. The summed E-state index contributed by atoms with van der Waals surface area (Å²) in [6.45, 7) is 5.13. The molecule has 0 spiro atoms. The minimum absolute atomic E-state index is 0.585. The predicted molar refractivity (Wildman–Crippen MR) is 78.3 cm³/mol. The molecule has 2 heteroatoms. The molecule has 0 amide bonds. The third-order valence-electron chi connectivity index (χ3n) is 3.29. The summed E-state index contributed by atoms with van der Waals surface area (Å²) in [6, 6.07) is 8.83. The Balaban J connectivity index is 2.22. The van der Waals surface area contributed by atoms with Crippen molar-refractivity contribution in [3.8, 4) is 5.75 Å². The summed E-state index contributed by atoms with van der Waals surface area (Å²) < 4.78 is 5.79. The van der Waals surface area contributed by atoms with Gasteiger partial charge in [-0.05, 0) is 44.5 Å². The Morgan fingerprint density at radius 1 is 1.22 bits per heavy atom. The average molecular weight is 249 g/mol. The smallest absolute Gasteiger partial charge is 0.119 e. The zero-order valence-corrected chi connectivity index (χ0v) is 12.0. The maximum Gasteiger partial charge on any atom is 0.119 e. The van der Waals surface area contributed by atoms with Crippen LogP contribution in [0.2, 0.25) is 0 Å². The number of rotatable bonds is 9. The van der Waals surface area contributed by atoms with Crippen LogP contribution in [-0.2, 0) is 0 Å². The highest BCUT2D eigenvalue weighted by molar-refractivity contribution is 5.27. The Morgan fingerprint density at radius 3 is 2.72 bits per heavy atom. The van der Waals surface area contributed by atoms with Crippen molar-refractivity contribution in [2.45, 2.75) is 52.0 Å². The molecule has 0 radical (unpaired) electrons. The largest absolute Gasteiger partial charge is 0.494 e. The number of unbranched alkanes of at least 4 members (excludes halogenated alkanes) is 2. The normalized spacial score (nSPS) is 12.4. The second kappa shape index (κ2) is 8.98. The van der Waals surface area contributed by atoms with Gasteiger partial charge >= 0.3 is 0 Å². The molecule has 18 heavy (non-hydrogen) atoms. The van der Waals surface area contributed by atoms with Crippen LogP contribution in [0.4, 0.5) is 0 Å². The molecular weight excluding hydrogens is 222 g/mol. The van der Waals surface area contributed by atoms with Crippen LogP contribution in [0.3, 0.4) is 0 Å². The van der Waals surface area contributed by atoms with E-state index in [9.17, 15) is 0 Å². The fraction of sp³-hybridized carbons (Fsp3) is 0.625. The Kier molecular flexibility index (Phi) is 7.51. The number of hydrogen-bond acceptors (Lipinski definition) is 2. The third-order valence-corrected chi connectivity index (χ3v) is 3.29. The molecule has 102 valence electrons. The van der Waals surface area contributed by atoms with Gasteiger partial charge in [0.15, 0.2) is 0 Å². The van der Waals surface area contributed by atoms with Gasteiger partial charge in [-0.3, -0.25) is 0 Å². The van der Waals surface area contributed by atoms with Crippen molar-refractivity contribution in [1.82, 2.24) is 5.32 Å². The molecule has 0 aromatic heterocycles. The molecule has 1 aromatic rings. The summed E-state index contributed by atoms with van der Waals surface area (Å²) >= 11 is 0. The maximum atomic E-state index is 5.79. The standard InChI is InChI=1S/C16H27NO/c1-4-5-6-9-15(17-3)11-12-18-16-10-7-8-14(2)13-16/h7-8,10,13,15,17H,4-6,9,11-12H2,1-3H3. The van der Waals surface area contributed by atoms with Gasteiger partial charge in [0.1, 0.15) is 5.75 Å². The first-order valence-electron chi connectivity index (χ1n) is 7.13. The van der Waals surface area contributed by atoms with E-state index in [2.05, 4.69) is 31.3 Å². The molecule has 0 saturated heterocycles. The van der Waals surface area contributed by atoms with Crippen molar-refractivity contribution in [2.75, 3.05) is 13.7 Å². The second-order valence-electron chi connectivity index (χ2n) is 4.94. The minimum Gasteiger partial charge on any atom is -0.494 e. The van der Waals surface area contributed by atoms with Crippen LogP contribution in [0.15, 0.2) is 24.3 Å². The molecule has 0 aliphatic heterocycles. The molecular formula is C16H27NO. The van der Waals surface area contributed by atoms with Crippen LogP contribution in [0.1, 0.15) is 44.6 Å². The zero-order chi connectivity index (χ0) is 13.2. The minimum atomic E-state index is 0.585. The van der Waals surface area contributed by atoms with Gasteiger partial charge in [0.05, 0.1) is 6.61 Å². The lowest BCUT2D eigenvalue weighted by molar-refractivity contribution is 0.283. The molecule has 0 heterocycles. The van der Waals surface area contributed by atoms with E-state index in [1.165, 1.54) is 31.2 Å². The van der Waals surface area contributed by atoms with Crippen molar-refractivity contribution < 1.29 is 4.74 Å². The molecule has 1 atom stereocenters. The van der Waals surface area contributed by atoms with E-state index in [1.807, 2.05) is 19.2 Å².